The number of piperidine rings is 1. The minimum absolute atomic E-state index is 0.0851. The molecule has 26 heavy (non-hydrogen) atoms. The largest absolute Gasteiger partial charge is 0.466 e. The second-order valence-electron chi connectivity index (χ2n) is 7.67. The Hall–Kier alpha value is -1.89. The molecule has 6 nitrogen and oxygen atoms in total. The van der Waals surface area contributed by atoms with Crippen LogP contribution < -0.4 is 5.32 Å². The van der Waals surface area contributed by atoms with E-state index in [1.54, 1.807) is 11.8 Å². The van der Waals surface area contributed by atoms with Crippen LogP contribution in [0.1, 0.15) is 55.8 Å². The van der Waals surface area contributed by atoms with Crippen molar-refractivity contribution < 1.29 is 19.1 Å². The first-order valence-corrected chi connectivity index (χ1v) is 9.83. The highest BCUT2D eigenvalue weighted by molar-refractivity contribution is 7.18. The summed E-state index contributed by atoms with van der Waals surface area (Å²) in [6.45, 7) is 10.6. The molecule has 1 aromatic heterocycles. The van der Waals surface area contributed by atoms with E-state index in [0.29, 0.717) is 29.6 Å². The number of nitrogens with zero attached hydrogens (tertiary/aromatic N) is 1. The number of hydrogen-bond donors (Lipinski definition) is 1. The molecule has 2 heterocycles. The molecule has 144 valence electrons. The van der Waals surface area contributed by atoms with Crippen LogP contribution in [0.4, 0.5) is 5.00 Å². The quantitative estimate of drug-likeness (QED) is 0.812. The number of ether oxygens (including phenoxy) is 1. The molecule has 0 aliphatic carbocycles. The third-order valence-corrected chi connectivity index (χ3v) is 5.50. The van der Waals surface area contributed by atoms with Crippen molar-refractivity contribution in [3.8, 4) is 0 Å². The van der Waals surface area contributed by atoms with E-state index in [9.17, 15) is 14.4 Å². The lowest BCUT2D eigenvalue weighted by molar-refractivity contribution is -0.149. The number of hydrogen-bond acceptors (Lipinski definition) is 5. The molecule has 1 atom stereocenters. The maximum atomic E-state index is 12.9. The van der Waals surface area contributed by atoms with Gasteiger partial charge >= 0.3 is 5.97 Å². The predicted octanol–water partition coefficient (Wildman–Crippen LogP) is 3.46. The molecule has 0 saturated carbocycles. The number of amides is 2. The molecule has 1 N–H and O–H groups in total. The number of likely N-dealkylation sites (tertiary alicyclic amines) is 1. The Labute approximate surface area is 158 Å². The topological polar surface area (TPSA) is 75.7 Å². The maximum absolute atomic E-state index is 12.9. The lowest BCUT2D eigenvalue weighted by Crippen LogP contribution is -2.42. The molecule has 2 amide bonds. The van der Waals surface area contributed by atoms with Crippen molar-refractivity contribution in [2.24, 2.45) is 11.3 Å². The van der Waals surface area contributed by atoms with Gasteiger partial charge in [0.05, 0.1) is 22.4 Å². The molecule has 0 radical (unpaired) electrons. The highest BCUT2D eigenvalue weighted by Crippen LogP contribution is 2.30. The molecule has 2 rings (SSSR count). The van der Waals surface area contributed by atoms with E-state index in [1.807, 2.05) is 33.8 Å². The molecule has 1 aliphatic heterocycles. The summed E-state index contributed by atoms with van der Waals surface area (Å²) in [5, 5.41) is 3.55. The van der Waals surface area contributed by atoms with Gasteiger partial charge in [0.2, 0.25) is 5.91 Å². The Morgan fingerprint density at radius 1 is 1.35 bits per heavy atom. The lowest BCUT2D eigenvalue weighted by atomic mass is 9.96. The summed E-state index contributed by atoms with van der Waals surface area (Å²) in [6, 6.07) is 1.83. The van der Waals surface area contributed by atoms with E-state index in [4.69, 9.17) is 4.74 Å². The van der Waals surface area contributed by atoms with Gasteiger partial charge in [0.15, 0.2) is 0 Å². The van der Waals surface area contributed by atoms with Crippen molar-refractivity contribution in [2.75, 3.05) is 25.0 Å². The van der Waals surface area contributed by atoms with Crippen LogP contribution >= 0.6 is 11.3 Å². The van der Waals surface area contributed by atoms with Crippen LogP contribution in [0.3, 0.4) is 0 Å². The molecule has 0 spiro atoms. The number of carbonyl (C=O) groups excluding carboxylic acids is 3. The zero-order valence-electron chi connectivity index (χ0n) is 16.2. The first-order valence-electron chi connectivity index (χ1n) is 9.01. The Morgan fingerprint density at radius 3 is 2.65 bits per heavy atom. The Bertz CT molecular complexity index is 690. The fourth-order valence-electron chi connectivity index (χ4n) is 2.81. The van der Waals surface area contributed by atoms with Gasteiger partial charge in [-0.3, -0.25) is 14.4 Å². The molecular weight excluding hydrogens is 352 g/mol. The van der Waals surface area contributed by atoms with Crippen LogP contribution in [0.15, 0.2) is 6.07 Å². The van der Waals surface area contributed by atoms with Crippen LogP contribution in [-0.2, 0) is 14.3 Å². The fourth-order valence-corrected chi connectivity index (χ4v) is 3.85. The van der Waals surface area contributed by atoms with Crippen molar-refractivity contribution in [2.45, 2.75) is 47.5 Å². The maximum Gasteiger partial charge on any atom is 0.310 e. The average Bonchev–Trinajstić information content (AvgIpc) is 2.94. The fraction of sp³-hybridized carbons (Fsp3) is 0.632. The van der Waals surface area contributed by atoms with Gasteiger partial charge in [-0.05, 0) is 38.3 Å². The van der Waals surface area contributed by atoms with Gasteiger partial charge in [-0.1, -0.05) is 20.8 Å². The number of anilines is 1. The average molecular weight is 381 g/mol. The molecule has 1 unspecified atom stereocenters. The van der Waals surface area contributed by atoms with Crippen molar-refractivity contribution in [1.82, 2.24) is 4.90 Å². The number of nitrogens with one attached hydrogen (secondary N) is 1. The molecule has 0 bridgehead atoms. The summed E-state index contributed by atoms with van der Waals surface area (Å²) in [6.07, 6.45) is 1.53. The molecule has 1 fully saturated rings. The van der Waals surface area contributed by atoms with Crippen LogP contribution in [0, 0.1) is 18.3 Å². The van der Waals surface area contributed by atoms with E-state index in [1.165, 1.54) is 11.3 Å². The standard InChI is InChI=1S/C19H28N2O4S/c1-6-25-17(23)13-8-7-9-21(11-13)16(22)15-12(2)10-14(26-15)20-18(24)19(3,4)5/h10,13H,6-9,11H2,1-5H3,(H,20,24). The molecule has 1 saturated heterocycles. The van der Waals surface area contributed by atoms with Gasteiger partial charge in [0, 0.05) is 18.5 Å². The van der Waals surface area contributed by atoms with Crippen molar-refractivity contribution in [3.63, 3.8) is 0 Å². The lowest BCUT2D eigenvalue weighted by Gasteiger charge is -2.31. The van der Waals surface area contributed by atoms with Crippen molar-refractivity contribution in [1.29, 1.82) is 0 Å². The number of thiophene rings is 1. The van der Waals surface area contributed by atoms with Crippen LogP contribution in [0.5, 0.6) is 0 Å². The predicted molar refractivity (Wildman–Crippen MR) is 102 cm³/mol. The minimum Gasteiger partial charge on any atom is -0.466 e. The van der Waals surface area contributed by atoms with Crippen LogP contribution in [-0.4, -0.2) is 42.4 Å². The van der Waals surface area contributed by atoms with Gasteiger partial charge in [-0.2, -0.15) is 0 Å². The third kappa shape index (κ3) is 4.84. The SMILES string of the molecule is CCOC(=O)C1CCCN(C(=O)c2sc(NC(=O)C(C)(C)C)cc2C)C1. The Morgan fingerprint density at radius 2 is 2.04 bits per heavy atom. The summed E-state index contributed by atoms with van der Waals surface area (Å²) in [4.78, 5) is 39.4. The second kappa shape index (κ2) is 8.20. The number of carbonyl (C=O) groups is 3. The molecule has 0 aromatic carbocycles. The van der Waals surface area contributed by atoms with E-state index in [2.05, 4.69) is 5.32 Å². The van der Waals surface area contributed by atoms with Crippen LogP contribution in [0.25, 0.3) is 0 Å². The Kier molecular flexibility index (Phi) is 6.44. The van der Waals surface area contributed by atoms with E-state index >= 15 is 0 Å². The molecule has 1 aromatic rings. The summed E-state index contributed by atoms with van der Waals surface area (Å²) < 4.78 is 5.10. The molecule has 1 aliphatic rings. The first-order chi connectivity index (χ1) is 12.1. The highest BCUT2D eigenvalue weighted by atomic mass is 32.1. The monoisotopic (exact) mass is 380 g/mol. The van der Waals surface area contributed by atoms with Crippen LogP contribution in [0.2, 0.25) is 0 Å². The third-order valence-electron chi connectivity index (χ3n) is 4.36. The zero-order chi connectivity index (χ0) is 19.5. The first kappa shape index (κ1) is 20.4. The van der Waals surface area contributed by atoms with E-state index in [0.717, 1.165) is 18.4 Å². The van der Waals surface area contributed by atoms with Crippen molar-refractivity contribution >= 4 is 34.1 Å². The van der Waals surface area contributed by atoms with Gasteiger partial charge in [0.25, 0.3) is 5.91 Å². The van der Waals surface area contributed by atoms with Gasteiger partial charge in [-0.15, -0.1) is 11.3 Å². The van der Waals surface area contributed by atoms with Gasteiger partial charge in [-0.25, -0.2) is 0 Å². The summed E-state index contributed by atoms with van der Waals surface area (Å²) in [7, 11) is 0. The number of aryl methyl sites for hydroxylation is 1. The summed E-state index contributed by atoms with van der Waals surface area (Å²) in [5.41, 5.74) is 0.337. The van der Waals surface area contributed by atoms with E-state index < -0.39 is 5.41 Å². The zero-order valence-corrected chi connectivity index (χ0v) is 17.0. The van der Waals surface area contributed by atoms with E-state index in [-0.39, 0.29) is 23.7 Å². The normalized spacial score (nSPS) is 17.7. The smallest absolute Gasteiger partial charge is 0.310 e. The minimum atomic E-state index is -0.498. The van der Waals surface area contributed by atoms with Gasteiger partial charge in [0.1, 0.15) is 0 Å². The van der Waals surface area contributed by atoms with Gasteiger partial charge < -0.3 is 15.0 Å². The molecule has 7 heteroatoms. The molecular formula is C19H28N2O4S. The number of rotatable bonds is 4. The summed E-state index contributed by atoms with van der Waals surface area (Å²) >= 11 is 1.29. The van der Waals surface area contributed by atoms with Crippen molar-refractivity contribution in [3.05, 3.63) is 16.5 Å². The Balaban J connectivity index is 2.09. The second-order valence-corrected chi connectivity index (χ2v) is 8.72. The number of esters is 1. The summed E-state index contributed by atoms with van der Waals surface area (Å²) in [5.74, 6) is -0.658. The highest BCUT2D eigenvalue weighted by Gasteiger charge is 2.31.